The Balaban J connectivity index is 2.22. The average molecular weight is 315 g/mol. The number of rotatable bonds is 7. The molecule has 2 aliphatic rings. The summed E-state index contributed by atoms with van der Waals surface area (Å²) < 4.78 is 0. The Morgan fingerprint density at radius 1 is 1.35 bits per heavy atom. The molecule has 4 heteroatoms. The van der Waals surface area contributed by atoms with Crippen LogP contribution in [0.2, 0.25) is 0 Å². The van der Waals surface area contributed by atoms with Crippen LogP contribution in [-0.2, 0) is 0 Å². The number of hydrogen-bond donors (Lipinski definition) is 3. The van der Waals surface area contributed by atoms with Crippen molar-refractivity contribution in [3.05, 3.63) is 47.6 Å². The van der Waals surface area contributed by atoms with Gasteiger partial charge in [-0.3, -0.25) is 4.99 Å². The Hall–Kier alpha value is -1.81. The van der Waals surface area contributed by atoms with Crippen molar-refractivity contribution in [1.29, 1.82) is 0 Å². The first-order valence-electron chi connectivity index (χ1n) is 8.17. The molecule has 2 rings (SSSR count). The zero-order chi connectivity index (χ0) is 17.4. The molecule has 0 radical (unpaired) electrons. The molecule has 0 aromatic heterocycles. The highest BCUT2D eigenvalue weighted by atomic mass is 16.3. The van der Waals surface area contributed by atoms with Gasteiger partial charge in [-0.05, 0) is 53.4 Å². The van der Waals surface area contributed by atoms with Crippen molar-refractivity contribution in [1.82, 2.24) is 10.6 Å². The summed E-state index contributed by atoms with van der Waals surface area (Å²) in [5.41, 5.74) is 3.04. The SMILES string of the molecule is C=C1N=CC(C(=C)NC(C)(C)C(C)(C)O)=C1N/C(=C\C)C1CC1. The second-order valence-electron chi connectivity index (χ2n) is 7.42. The largest absolute Gasteiger partial charge is 0.388 e. The fourth-order valence-electron chi connectivity index (χ4n) is 2.34. The van der Waals surface area contributed by atoms with Crippen LogP contribution in [0.1, 0.15) is 47.5 Å². The standard InChI is InChI=1S/C19H29N3O/c1-8-16(14-9-10-14)21-17-13(3)20-11-15(17)12(2)22-18(4,5)19(6,7)23/h8,11,14,21-23H,2-3,9-10H2,1,4-7H3/b16-8-. The third kappa shape index (κ3) is 3.75. The molecule has 0 aromatic carbocycles. The van der Waals surface area contributed by atoms with Crippen molar-refractivity contribution in [2.75, 3.05) is 0 Å². The van der Waals surface area contributed by atoms with Crippen LogP contribution in [0.5, 0.6) is 0 Å². The van der Waals surface area contributed by atoms with Gasteiger partial charge in [0.2, 0.25) is 0 Å². The maximum atomic E-state index is 10.3. The van der Waals surface area contributed by atoms with E-state index in [1.807, 2.05) is 20.8 Å². The molecule has 1 heterocycles. The van der Waals surface area contributed by atoms with Gasteiger partial charge in [-0.15, -0.1) is 0 Å². The molecule has 23 heavy (non-hydrogen) atoms. The third-order valence-electron chi connectivity index (χ3n) is 4.82. The average Bonchev–Trinajstić information content (AvgIpc) is 3.19. The number of hydrogen-bond acceptors (Lipinski definition) is 4. The first-order chi connectivity index (χ1) is 10.6. The second-order valence-corrected chi connectivity index (χ2v) is 7.42. The lowest BCUT2D eigenvalue weighted by Gasteiger charge is -2.39. The van der Waals surface area contributed by atoms with Crippen LogP contribution in [-0.4, -0.2) is 22.5 Å². The summed E-state index contributed by atoms with van der Waals surface area (Å²) in [5, 5.41) is 17.1. The summed E-state index contributed by atoms with van der Waals surface area (Å²) in [7, 11) is 0. The summed E-state index contributed by atoms with van der Waals surface area (Å²) in [6, 6.07) is 0. The highest BCUT2D eigenvalue weighted by Gasteiger charge is 2.36. The predicted molar refractivity (Wildman–Crippen MR) is 96.9 cm³/mol. The van der Waals surface area contributed by atoms with Crippen LogP contribution in [0.4, 0.5) is 0 Å². The monoisotopic (exact) mass is 315 g/mol. The molecule has 4 nitrogen and oxygen atoms in total. The summed E-state index contributed by atoms with van der Waals surface area (Å²) in [4.78, 5) is 4.33. The number of nitrogens with zero attached hydrogens (tertiary/aromatic N) is 1. The van der Waals surface area contributed by atoms with Gasteiger partial charge in [0, 0.05) is 23.2 Å². The molecule has 0 atom stereocenters. The molecule has 0 bridgehead atoms. The Morgan fingerprint density at radius 2 is 1.96 bits per heavy atom. The molecule has 0 amide bonds. The van der Waals surface area contributed by atoms with Crippen LogP contribution in [0.15, 0.2) is 52.6 Å². The lowest BCUT2D eigenvalue weighted by atomic mass is 9.85. The number of nitrogens with one attached hydrogen (secondary N) is 2. The molecule has 1 saturated carbocycles. The van der Waals surface area contributed by atoms with E-state index in [0.717, 1.165) is 17.0 Å². The van der Waals surface area contributed by atoms with Crippen LogP contribution in [0, 0.1) is 5.92 Å². The molecule has 1 fully saturated rings. The Kier molecular flexibility index (Phi) is 4.58. The molecule has 0 saturated heterocycles. The maximum absolute atomic E-state index is 10.3. The van der Waals surface area contributed by atoms with Gasteiger partial charge in [0.25, 0.3) is 0 Å². The minimum atomic E-state index is -0.890. The smallest absolute Gasteiger partial charge is 0.0814 e. The van der Waals surface area contributed by atoms with Crippen molar-refractivity contribution < 1.29 is 5.11 Å². The fourth-order valence-corrected chi connectivity index (χ4v) is 2.34. The molecule has 0 spiro atoms. The second kappa shape index (κ2) is 6.00. The molecule has 1 aliphatic carbocycles. The third-order valence-corrected chi connectivity index (χ3v) is 4.82. The lowest BCUT2D eigenvalue weighted by molar-refractivity contribution is 0.000734. The Bertz CT molecular complexity index is 611. The number of allylic oxidation sites excluding steroid dienone is 3. The van der Waals surface area contributed by atoms with Gasteiger partial charge in [-0.25, -0.2) is 0 Å². The van der Waals surface area contributed by atoms with E-state index in [1.54, 1.807) is 20.1 Å². The molecule has 126 valence electrons. The maximum Gasteiger partial charge on any atom is 0.0814 e. The first kappa shape index (κ1) is 17.5. The van der Waals surface area contributed by atoms with Gasteiger partial charge in [-0.2, -0.15) is 0 Å². The normalized spacial score (nSPS) is 19.4. The van der Waals surface area contributed by atoms with E-state index >= 15 is 0 Å². The minimum absolute atomic E-state index is 0.528. The summed E-state index contributed by atoms with van der Waals surface area (Å²) in [6.07, 6.45) is 6.35. The fraction of sp³-hybridized carbons (Fsp3) is 0.526. The highest BCUT2D eigenvalue weighted by Crippen LogP contribution is 2.37. The van der Waals surface area contributed by atoms with Gasteiger partial charge in [0.1, 0.15) is 0 Å². The predicted octanol–water partition coefficient (Wildman–Crippen LogP) is 3.39. The summed E-state index contributed by atoms with van der Waals surface area (Å²) in [5.74, 6) is 0.621. The van der Waals surface area contributed by atoms with Crippen molar-refractivity contribution in [3.63, 3.8) is 0 Å². The zero-order valence-electron chi connectivity index (χ0n) is 15.0. The van der Waals surface area contributed by atoms with E-state index in [4.69, 9.17) is 0 Å². The summed E-state index contributed by atoms with van der Waals surface area (Å²) >= 11 is 0. The topological polar surface area (TPSA) is 56.7 Å². The zero-order valence-corrected chi connectivity index (χ0v) is 15.0. The Labute approximate surface area is 139 Å². The molecule has 0 aromatic rings. The van der Waals surface area contributed by atoms with E-state index in [9.17, 15) is 5.11 Å². The summed E-state index contributed by atoms with van der Waals surface area (Å²) in [6.45, 7) is 17.7. The van der Waals surface area contributed by atoms with Gasteiger partial charge in [0.15, 0.2) is 0 Å². The van der Waals surface area contributed by atoms with E-state index in [0.29, 0.717) is 11.6 Å². The van der Waals surface area contributed by atoms with Crippen LogP contribution < -0.4 is 10.6 Å². The highest BCUT2D eigenvalue weighted by molar-refractivity contribution is 5.90. The van der Waals surface area contributed by atoms with Gasteiger partial charge in [-0.1, -0.05) is 19.2 Å². The van der Waals surface area contributed by atoms with Crippen molar-refractivity contribution in [2.24, 2.45) is 10.9 Å². The van der Waals surface area contributed by atoms with Gasteiger partial charge < -0.3 is 15.7 Å². The molecule has 1 aliphatic heterocycles. The molecule has 0 unspecified atom stereocenters. The van der Waals surface area contributed by atoms with E-state index < -0.39 is 11.1 Å². The molecular weight excluding hydrogens is 286 g/mol. The number of aliphatic hydroxyl groups is 1. The van der Waals surface area contributed by atoms with E-state index in [2.05, 4.69) is 34.9 Å². The molecular formula is C19H29N3O. The van der Waals surface area contributed by atoms with Crippen LogP contribution >= 0.6 is 0 Å². The quantitative estimate of drug-likeness (QED) is 0.675. The Morgan fingerprint density at radius 3 is 2.43 bits per heavy atom. The minimum Gasteiger partial charge on any atom is -0.388 e. The van der Waals surface area contributed by atoms with E-state index in [-0.39, 0.29) is 0 Å². The van der Waals surface area contributed by atoms with Crippen molar-refractivity contribution in [3.8, 4) is 0 Å². The van der Waals surface area contributed by atoms with Crippen LogP contribution in [0.3, 0.4) is 0 Å². The first-order valence-corrected chi connectivity index (χ1v) is 8.17. The van der Waals surface area contributed by atoms with E-state index in [1.165, 1.54) is 18.5 Å². The van der Waals surface area contributed by atoms with Gasteiger partial charge in [0.05, 0.1) is 22.5 Å². The van der Waals surface area contributed by atoms with Crippen molar-refractivity contribution >= 4 is 6.21 Å². The van der Waals surface area contributed by atoms with Crippen LogP contribution in [0.25, 0.3) is 0 Å². The number of aliphatic imine (C=N–C) groups is 1. The van der Waals surface area contributed by atoms with Gasteiger partial charge >= 0.3 is 0 Å². The molecule has 3 N–H and O–H groups in total. The lowest BCUT2D eigenvalue weighted by Crippen LogP contribution is -2.55. The van der Waals surface area contributed by atoms with Crippen molar-refractivity contribution in [2.45, 2.75) is 58.6 Å².